The number of carbonyl (C=O) groups excluding carboxylic acids is 1. The van der Waals surface area contributed by atoms with Crippen molar-refractivity contribution in [2.75, 3.05) is 6.61 Å². The van der Waals surface area contributed by atoms with Crippen molar-refractivity contribution in [3.63, 3.8) is 0 Å². The fourth-order valence-corrected chi connectivity index (χ4v) is 5.25. The SMILES string of the molecule is Cc1cc(CC[C@H](NC(=O)OCC2c3ccccc3-c3ccccc32)C(=O)O)c(C)s1. The highest BCUT2D eigenvalue weighted by Gasteiger charge is 2.29. The normalized spacial score (nSPS) is 13.4. The number of hydrogen-bond donors (Lipinski definition) is 2. The molecule has 1 aromatic heterocycles. The van der Waals surface area contributed by atoms with Crippen LogP contribution in [0.2, 0.25) is 0 Å². The second-order valence-corrected chi connectivity index (χ2v) is 9.30. The summed E-state index contributed by atoms with van der Waals surface area (Å²) in [6, 6.07) is 17.3. The number of aliphatic carboxylic acids is 1. The number of benzene rings is 2. The van der Waals surface area contributed by atoms with E-state index in [0.29, 0.717) is 12.8 Å². The summed E-state index contributed by atoms with van der Waals surface area (Å²) in [7, 11) is 0. The molecule has 0 fully saturated rings. The Bertz CT molecular complexity index is 1070. The Balaban J connectivity index is 1.39. The molecular weight excluding hydrogens is 410 g/mol. The van der Waals surface area contributed by atoms with Crippen LogP contribution in [0.3, 0.4) is 0 Å². The highest BCUT2D eigenvalue weighted by Crippen LogP contribution is 2.44. The maximum Gasteiger partial charge on any atom is 0.407 e. The Morgan fingerprint density at radius 3 is 2.23 bits per heavy atom. The molecule has 2 aromatic carbocycles. The van der Waals surface area contributed by atoms with Crippen molar-refractivity contribution < 1.29 is 19.4 Å². The van der Waals surface area contributed by atoms with Crippen LogP contribution in [0.25, 0.3) is 11.1 Å². The minimum atomic E-state index is -1.06. The molecule has 160 valence electrons. The van der Waals surface area contributed by atoms with E-state index in [1.165, 1.54) is 9.75 Å². The van der Waals surface area contributed by atoms with Crippen molar-refractivity contribution in [3.8, 4) is 11.1 Å². The maximum atomic E-state index is 12.4. The Morgan fingerprint density at radius 2 is 1.68 bits per heavy atom. The Morgan fingerprint density at radius 1 is 1.06 bits per heavy atom. The van der Waals surface area contributed by atoms with Crippen molar-refractivity contribution in [1.82, 2.24) is 5.32 Å². The molecule has 2 N–H and O–H groups in total. The highest BCUT2D eigenvalue weighted by atomic mass is 32.1. The second kappa shape index (κ2) is 8.94. The largest absolute Gasteiger partial charge is 0.480 e. The molecule has 0 radical (unpaired) electrons. The molecule has 0 saturated carbocycles. The zero-order valence-corrected chi connectivity index (χ0v) is 18.4. The third-order valence-corrected chi connectivity index (χ3v) is 6.79. The molecule has 1 aliphatic carbocycles. The van der Waals surface area contributed by atoms with Gasteiger partial charge in [-0.05, 0) is 60.6 Å². The molecule has 1 atom stereocenters. The Kier molecular flexibility index (Phi) is 6.09. The molecule has 0 saturated heterocycles. The van der Waals surface area contributed by atoms with Crippen molar-refractivity contribution in [2.45, 2.75) is 38.6 Å². The van der Waals surface area contributed by atoms with Gasteiger partial charge in [-0.3, -0.25) is 0 Å². The standard InChI is InChI=1S/C25H25NO4S/c1-15-13-17(16(2)31-15)11-12-23(24(27)28)26-25(29)30-14-22-20-9-5-3-7-18(20)19-8-4-6-10-21(19)22/h3-10,13,22-23H,11-12,14H2,1-2H3,(H,26,29)(H,27,28)/t23-/m0/s1. The first-order chi connectivity index (χ1) is 14.9. The van der Waals surface area contributed by atoms with Crippen molar-refractivity contribution >= 4 is 23.4 Å². The van der Waals surface area contributed by atoms with E-state index in [2.05, 4.69) is 23.5 Å². The van der Waals surface area contributed by atoms with E-state index in [0.717, 1.165) is 27.8 Å². The third kappa shape index (κ3) is 4.49. The summed E-state index contributed by atoms with van der Waals surface area (Å²) < 4.78 is 5.49. The lowest BCUT2D eigenvalue weighted by Gasteiger charge is -2.17. The van der Waals surface area contributed by atoms with Gasteiger partial charge in [0, 0.05) is 15.7 Å². The molecule has 5 nitrogen and oxygen atoms in total. The molecule has 4 rings (SSSR count). The average Bonchev–Trinajstić information content (AvgIpc) is 3.25. The predicted octanol–water partition coefficient (Wildman–Crippen LogP) is 5.29. The minimum Gasteiger partial charge on any atom is -0.480 e. The zero-order valence-electron chi connectivity index (χ0n) is 17.6. The summed E-state index contributed by atoms with van der Waals surface area (Å²) in [5.74, 6) is -1.11. The minimum absolute atomic E-state index is 0.0575. The zero-order chi connectivity index (χ0) is 22.0. The van der Waals surface area contributed by atoms with Gasteiger partial charge in [-0.25, -0.2) is 9.59 Å². The first-order valence-electron chi connectivity index (χ1n) is 10.3. The van der Waals surface area contributed by atoms with E-state index in [1.807, 2.05) is 50.2 Å². The van der Waals surface area contributed by atoms with Crippen molar-refractivity contribution in [3.05, 3.63) is 81.0 Å². The van der Waals surface area contributed by atoms with Gasteiger partial charge in [-0.15, -0.1) is 11.3 Å². The number of fused-ring (bicyclic) bond motifs is 3. The molecule has 1 aliphatic rings. The summed E-state index contributed by atoms with van der Waals surface area (Å²) in [6.45, 7) is 4.22. The average molecular weight is 436 g/mol. The summed E-state index contributed by atoms with van der Waals surface area (Å²) in [4.78, 5) is 26.5. The molecule has 31 heavy (non-hydrogen) atoms. The molecule has 0 aliphatic heterocycles. The molecule has 0 spiro atoms. The van der Waals surface area contributed by atoms with Crippen LogP contribution in [0.1, 0.15) is 38.8 Å². The van der Waals surface area contributed by atoms with Gasteiger partial charge in [-0.1, -0.05) is 48.5 Å². The van der Waals surface area contributed by atoms with Crippen LogP contribution in [-0.4, -0.2) is 29.8 Å². The predicted molar refractivity (Wildman–Crippen MR) is 122 cm³/mol. The smallest absolute Gasteiger partial charge is 0.407 e. The summed E-state index contributed by atoms with van der Waals surface area (Å²) in [5, 5.41) is 12.1. The first kappa shape index (κ1) is 21.1. The third-order valence-electron chi connectivity index (χ3n) is 5.78. The second-order valence-electron chi connectivity index (χ2n) is 7.84. The van der Waals surface area contributed by atoms with Crippen molar-refractivity contribution in [2.24, 2.45) is 0 Å². The van der Waals surface area contributed by atoms with Gasteiger partial charge >= 0.3 is 12.1 Å². The number of amides is 1. The molecule has 0 unspecified atom stereocenters. The summed E-state index contributed by atoms with van der Waals surface area (Å²) in [5.41, 5.74) is 5.67. The van der Waals surface area contributed by atoms with Gasteiger partial charge in [0.25, 0.3) is 0 Å². The van der Waals surface area contributed by atoms with Gasteiger partial charge in [0.2, 0.25) is 0 Å². The number of alkyl carbamates (subject to hydrolysis) is 1. The number of rotatable bonds is 7. The maximum absolute atomic E-state index is 12.4. The Hall–Kier alpha value is -3.12. The number of ether oxygens (including phenoxy) is 1. The van der Waals surface area contributed by atoms with Gasteiger partial charge in [0.1, 0.15) is 12.6 Å². The number of nitrogens with one attached hydrogen (secondary N) is 1. The highest BCUT2D eigenvalue weighted by molar-refractivity contribution is 7.12. The number of aryl methyl sites for hydroxylation is 3. The lowest BCUT2D eigenvalue weighted by atomic mass is 9.98. The number of carbonyl (C=O) groups is 2. The van der Waals surface area contributed by atoms with Crippen LogP contribution in [0.15, 0.2) is 54.6 Å². The summed E-state index contributed by atoms with van der Waals surface area (Å²) >= 11 is 1.69. The molecule has 1 amide bonds. The number of carboxylic acids is 1. The lowest BCUT2D eigenvalue weighted by Crippen LogP contribution is -2.41. The first-order valence-corrected chi connectivity index (χ1v) is 11.2. The molecular formula is C25H25NO4S. The molecule has 3 aromatic rings. The van der Waals surface area contributed by atoms with E-state index < -0.39 is 18.1 Å². The monoisotopic (exact) mass is 435 g/mol. The number of carboxylic acid groups (broad SMARTS) is 1. The van der Waals surface area contributed by atoms with E-state index >= 15 is 0 Å². The Labute approximate surface area is 185 Å². The lowest BCUT2D eigenvalue weighted by molar-refractivity contribution is -0.139. The van der Waals surface area contributed by atoms with Gasteiger partial charge < -0.3 is 15.2 Å². The number of thiophene rings is 1. The molecule has 0 bridgehead atoms. The van der Waals surface area contributed by atoms with E-state index in [4.69, 9.17) is 4.74 Å². The fourth-order valence-electron chi connectivity index (χ4n) is 4.27. The van der Waals surface area contributed by atoms with Gasteiger partial charge in [-0.2, -0.15) is 0 Å². The van der Waals surface area contributed by atoms with E-state index in [-0.39, 0.29) is 12.5 Å². The van der Waals surface area contributed by atoms with Crippen LogP contribution in [0, 0.1) is 13.8 Å². The van der Waals surface area contributed by atoms with E-state index in [1.54, 1.807) is 11.3 Å². The van der Waals surface area contributed by atoms with Gasteiger partial charge in [0.05, 0.1) is 0 Å². The van der Waals surface area contributed by atoms with Crippen LogP contribution < -0.4 is 5.32 Å². The van der Waals surface area contributed by atoms with Crippen molar-refractivity contribution in [1.29, 1.82) is 0 Å². The number of hydrogen-bond acceptors (Lipinski definition) is 4. The van der Waals surface area contributed by atoms with Gasteiger partial charge in [0.15, 0.2) is 0 Å². The van der Waals surface area contributed by atoms with Crippen LogP contribution in [0.4, 0.5) is 4.79 Å². The quantitative estimate of drug-likeness (QED) is 0.529. The summed E-state index contributed by atoms with van der Waals surface area (Å²) in [6.07, 6.45) is 0.209. The van der Waals surface area contributed by atoms with Crippen LogP contribution >= 0.6 is 11.3 Å². The fraction of sp³-hybridized carbons (Fsp3) is 0.280. The van der Waals surface area contributed by atoms with E-state index in [9.17, 15) is 14.7 Å². The molecule has 6 heteroatoms. The van der Waals surface area contributed by atoms with Crippen LogP contribution in [0.5, 0.6) is 0 Å². The molecule has 1 heterocycles. The van der Waals surface area contributed by atoms with Crippen LogP contribution in [-0.2, 0) is 16.0 Å². The topological polar surface area (TPSA) is 75.6 Å².